The summed E-state index contributed by atoms with van der Waals surface area (Å²) in [7, 11) is 0. The van der Waals surface area contributed by atoms with Gasteiger partial charge in [0.15, 0.2) is 0 Å². The van der Waals surface area contributed by atoms with E-state index in [9.17, 15) is 5.11 Å². The van der Waals surface area contributed by atoms with E-state index in [1.54, 1.807) is 37.4 Å². The zero-order valence-corrected chi connectivity index (χ0v) is 16.3. The molecule has 0 bridgehead atoms. The lowest BCUT2D eigenvalue weighted by Crippen LogP contribution is -2.17. The quantitative estimate of drug-likeness (QED) is 0.408. The number of fused-ring (bicyclic) bond motifs is 2. The van der Waals surface area contributed by atoms with E-state index < -0.39 is 5.60 Å². The maximum absolute atomic E-state index is 10.6. The smallest absolute Gasteiger partial charge is 0.0847 e. The van der Waals surface area contributed by atoms with Gasteiger partial charge in [-0.05, 0) is 60.9 Å². The van der Waals surface area contributed by atoms with E-state index >= 15 is 0 Å². The summed E-state index contributed by atoms with van der Waals surface area (Å²) in [6.07, 6.45) is 0. The van der Waals surface area contributed by atoms with Gasteiger partial charge in [0, 0.05) is 24.6 Å². The molecule has 1 aliphatic rings. The van der Waals surface area contributed by atoms with Crippen LogP contribution >= 0.6 is 35.1 Å². The van der Waals surface area contributed by atoms with Crippen molar-refractivity contribution in [3.8, 4) is 11.1 Å². The van der Waals surface area contributed by atoms with Crippen LogP contribution in [-0.2, 0) is 5.60 Å². The Balaban J connectivity index is 1.90. The maximum atomic E-state index is 10.6. The predicted molar refractivity (Wildman–Crippen MR) is 107 cm³/mol. The van der Waals surface area contributed by atoms with Gasteiger partial charge >= 0.3 is 0 Å². The second-order valence-corrected chi connectivity index (χ2v) is 9.11. The Kier molecular flexibility index (Phi) is 4.37. The highest BCUT2D eigenvalue weighted by Gasteiger charge is 2.25. The van der Waals surface area contributed by atoms with Crippen LogP contribution in [0.15, 0.2) is 80.2 Å². The fourth-order valence-electron chi connectivity index (χ4n) is 3.02. The molecule has 4 rings (SSSR count). The fraction of sp³-hybridized carbons (Fsp3) is 0.143. The molecule has 0 aromatic heterocycles. The van der Waals surface area contributed by atoms with Crippen molar-refractivity contribution in [1.29, 1.82) is 0 Å². The highest BCUT2D eigenvalue weighted by atomic mass is 35.5. The van der Waals surface area contributed by atoms with Crippen molar-refractivity contribution in [3.63, 3.8) is 0 Å². The van der Waals surface area contributed by atoms with Crippen LogP contribution in [0.2, 0.25) is 5.02 Å². The highest BCUT2D eigenvalue weighted by molar-refractivity contribution is 8.05. The average molecular weight is 385 g/mol. The molecule has 126 valence electrons. The summed E-state index contributed by atoms with van der Waals surface area (Å²) in [4.78, 5) is 5.04. The molecule has 1 nitrogen and oxygen atoms in total. The number of benzene rings is 3. The third kappa shape index (κ3) is 3.22. The van der Waals surface area contributed by atoms with Gasteiger partial charge in [0.2, 0.25) is 0 Å². The van der Waals surface area contributed by atoms with E-state index in [-0.39, 0.29) is 0 Å². The SMILES string of the molecule is CC(C)(O)c1cc(Cl)ccc1-c1cccc2c1Sc1ccccc1S2. The lowest BCUT2D eigenvalue weighted by atomic mass is 9.89. The molecule has 3 aromatic rings. The van der Waals surface area contributed by atoms with Crippen molar-refractivity contribution < 1.29 is 5.11 Å². The molecule has 0 unspecified atom stereocenters. The van der Waals surface area contributed by atoms with Crippen molar-refractivity contribution in [3.05, 3.63) is 71.2 Å². The van der Waals surface area contributed by atoms with Gasteiger partial charge in [0.1, 0.15) is 0 Å². The lowest BCUT2D eigenvalue weighted by Gasteiger charge is -2.25. The second kappa shape index (κ2) is 6.40. The van der Waals surface area contributed by atoms with Gasteiger partial charge in [-0.25, -0.2) is 0 Å². The minimum absolute atomic E-state index is 0.637. The molecule has 3 aromatic carbocycles. The largest absolute Gasteiger partial charge is 0.386 e. The maximum Gasteiger partial charge on any atom is 0.0847 e. The Morgan fingerprint density at radius 3 is 2.20 bits per heavy atom. The topological polar surface area (TPSA) is 20.2 Å². The first-order valence-electron chi connectivity index (χ1n) is 8.04. The van der Waals surface area contributed by atoms with Crippen molar-refractivity contribution in [1.82, 2.24) is 0 Å². The molecule has 0 saturated heterocycles. The van der Waals surface area contributed by atoms with Gasteiger partial charge in [-0.15, -0.1) is 0 Å². The van der Waals surface area contributed by atoms with Gasteiger partial charge in [-0.1, -0.05) is 65.5 Å². The monoisotopic (exact) mass is 384 g/mol. The molecule has 0 aliphatic carbocycles. The summed E-state index contributed by atoms with van der Waals surface area (Å²) in [6, 6.07) is 20.6. The van der Waals surface area contributed by atoms with E-state index in [2.05, 4.69) is 42.5 Å². The minimum atomic E-state index is -0.965. The number of aliphatic hydroxyl groups is 1. The average Bonchev–Trinajstić information content (AvgIpc) is 2.59. The van der Waals surface area contributed by atoms with Crippen LogP contribution < -0.4 is 0 Å². The van der Waals surface area contributed by atoms with Crippen LogP contribution in [0.1, 0.15) is 19.4 Å². The van der Waals surface area contributed by atoms with E-state index in [0.29, 0.717) is 5.02 Å². The fourth-order valence-corrected chi connectivity index (χ4v) is 5.58. The Morgan fingerprint density at radius 1 is 0.800 bits per heavy atom. The van der Waals surface area contributed by atoms with Crippen LogP contribution in [0.4, 0.5) is 0 Å². The summed E-state index contributed by atoms with van der Waals surface area (Å²) in [6.45, 7) is 3.60. The number of rotatable bonds is 2. The van der Waals surface area contributed by atoms with Crippen LogP contribution in [0.25, 0.3) is 11.1 Å². The summed E-state index contributed by atoms with van der Waals surface area (Å²) in [5, 5.41) is 11.3. The second-order valence-electron chi connectivity index (χ2n) is 6.53. The summed E-state index contributed by atoms with van der Waals surface area (Å²) in [5.41, 5.74) is 2.05. The van der Waals surface area contributed by atoms with E-state index in [0.717, 1.165) is 16.7 Å². The molecule has 1 N–H and O–H groups in total. The van der Waals surface area contributed by atoms with Gasteiger partial charge in [0.25, 0.3) is 0 Å². The highest BCUT2D eigenvalue weighted by Crippen LogP contribution is 2.52. The van der Waals surface area contributed by atoms with Crippen molar-refractivity contribution >= 4 is 35.1 Å². The van der Waals surface area contributed by atoms with Crippen molar-refractivity contribution in [2.75, 3.05) is 0 Å². The Labute approximate surface area is 161 Å². The molecule has 0 radical (unpaired) electrons. The van der Waals surface area contributed by atoms with E-state index in [1.165, 1.54) is 19.6 Å². The first-order valence-corrected chi connectivity index (χ1v) is 10.0. The summed E-state index contributed by atoms with van der Waals surface area (Å²) in [5.74, 6) is 0. The minimum Gasteiger partial charge on any atom is -0.386 e. The zero-order chi connectivity index (χ0) is 17.6. The van der Waals surface area contributed by atoms with E-state index in [1.807, 2.05) is 18.2 Å². The van der Waals surface area contributed by atoms with Crippen LogP contribution in [0.3, 0.4) is 0 Å². The third-order valence-electron chi connectivity index (χ3n) is 4.19. The van der Waals surface area contributed by atoms with Crippen LogP contribution in [-0.4, -0.2) is 5.11 Å². The van der Waals surface area contributed by atoms with Gasteiger partial charge in [0.05, 0.1) is 5.60 Å². The molecule has 1 aliphatic heterocycles. The van der Waals surface area contributed by atoms with Crippen molar-refractivity contribution in [2.45, 2.75) is 39.0 Å². The molecular weight excluding hydrogens is 368 g/mol. The molecule has 0 spiro atoms. The van der Waals surface area contributed by atoms with Gasteiger partial charge in [-0.2, -0.15) is 0 Å². The van der Waals surface area contributed by atoms with Crippen LogP contribution in [0, 0.1) is 0 Å². The first kappa shape index (κ1) is 17.0. The number of halogens is 1. The molecule has 4 heteroatoms. The number of hydrogen-bond acceptors (Lipinski definition) is 3. The molecule has 25 heavy (non-hydrogen) atoms. The molecule has 1 heterocycles. The predicted octanol–water partition coefficient (Wildman–Crippen LogP) is 6.85. The standard InChI is InChI=1S/C21H17ClOS2/c1-21(2,23)16-12-13(22)10-11-14(16)15-6-5-9-19-20(15)25-18-8-4-3-7-17(18)24-19/h3-12,23H,1-2H3. The Morgan fingerprint density at radius 2 is 1.48 bits per heavy atom. The molecule has 0 saturated carbocycles. The molecular formula is C21H17ClOS2. The zero-order valence-electron chi connectivity index (χ0n) is 13.9. The third-order valence-corrected chi connectivity index (χ3v) is 7.04. The van der Waals surface area contributed by atoms with Crippen molar-refractivity contribution in [2.24, 2.45) is 0 Å². The Bertz CT molecular complexity index is 960. The summed E-state index contributed by atoms with van der Waals surface area (Å²) >= 11 is 9.79. The summed E-state index contributed by atoms with van der Waals surface area (Å²) < 4.78 is 0. The lowest BCUT2D eigenvalue weighted by molar-refractivity contribution is 0.0792. The normalized spacial score (nSPS) is 13.3. The molecule has 0 fully saturated rings. The van der Waals surface area contributed by atoms with Crippen LogP contribution in [0.5, 0.6) is 0 Å². The van der Waals surface area contributed by atoms with Gasteiger partial charge in [-0.3, -0.25) is 0 Å². The number of hydrogen-bond donors (Lipinski definition) is 1. The molecule has 0 amide bonds. The van der Waals surface area contributed by atoms with Gasteiger partial charge < -0.3 is 5.11 Å². The molecule has 0 atom stereocenters. The van der Waals surface area contributed by atoms with E-state index in [4.69, 9.17) is 11.6 Å². The Hall–Kier alpha value is -1.39. The first-order chi connectivity index (χ1) is 11.9.